The largest absolute Gasteiger partial charge is 0.493 e. The molecule has 124 valence electrons. The van der Waals surface area contributed by atoms with Crippen LogP contribution in [0.1, 0.15) is 21.6 Å². The van der Waals surface area contributed by atoms with Crippen molar-refractivity contribution in [2.75, 3.05) is 19.7 Å². The molecule has 1 N–H and O–H groups in total. The number of ether oxygens (including phenoxy) is 1. The summed E-state index contributed by atoms with van der Waals surface area (Å²) < 4.78 is 5.49. The molecule has 0 bridgehead atoms. The Kier molecular flexibility index (Phi) is 3.94. The minimum absolute atomic E-state index is 0.0210. The zero-order valence-electron chi connectivity index (χ0n) is 13.4. The normalized spacial score (nSPS) is 22.3. The maximum Gasteiger partial charge on any atom is 0.253 e. The lowest BCUT2D eigenvalue weighted by atomic mass is 10.00. The summed E-state index contributed by atoms with van der Waals surface area (Å²) >= 11 is 0. The van der Waals surface area contributed by atoms with E-state index in [1.54, 1.807) is 11.1 Å². The molecule has 1 fully saturated rings. The molecule has 0 radical (unpaired) electrons. The lowest BCUT2D eigenvalue weighted by Crippen LogP contribution is -2.29. The van der Waals surface area contributed by atoms with Crippen molar-refractivity contribution in [3.8, 4) is 5.75 Å². The van der Waals surface area contributed by atoms with E-state index in [1.165, 1.54) is 0 Å². The van der Waals surface area contributed by atoms with Gasteiger partial charge in [0.05, 0.1) is 12.7 Å². The van der Waals surface area contributed by atoms with Crippen LogP contribution in [0.5, 0.6) is 5.75 Å². The number of rotatable bonds is 3. The second-order valence-corrected chi connectivity index (χ2v) is 6.48. The number of hydrogen-bond donors (Lipinski definition) is 1. The van der Waals surface area contributed by atoms with Crippen LogP contribution in [0, 0.1) is 5.92 Å². The van der Waals surface area contributed by atoms with Crippen LogP contribution in [0.25, 0.3) is 0 Å². The molecule has 1 amide bonds. The Balaban J connectivity index is 1.46. The Morgan fingerprint density at radius 1 is 1.29 bits per heavy atom. The molecule has 24 heavy (non-hydrogen) atoms. The van der Waals surface area contributed by atoms with Crippen LogP contribution in [0.15, 0.2) is 42.6 Å². The number of fused-ring (bicyclic) bond motifs is 1. The van der Waals surface area contributed by atoms with Crippen LogP contribution in [0.2, 0.25) is 0 Å². The predicted molar refractivity (Wildman–Crippen MR) is 89.0 cm³/mol. The van der Waals surface area contributed by atoms with Gasteiger partial charge in [0.25, 0.3) is 5.91 Å². The van der Waals surface area contributed by atoms with Gasteiger partial charge in [-0.1, -0.05) is 6.07 Å². The molecular weight excluding hydrogens is 304 g/mol. The number of pyridine rings is 1. The highest BCUT2D eigenvalue weighted by atomic mass is 16.5. The fraction of sp³-hybridized carbons (Fsp3) is 0.368. The van der Waals surface area contributed by atoms with E-state index in [0.717, 1.165) is 23.4 Å². The Morgan fingerprint density at radius 3 is 3.04 bits per heavy atom. The van der Waals surface area contributed by atoms with Gasteiger partial charge in [-0.2, -0.15) is 0 Å². The molecule has 1 saturated heterocycles. The van der Waals surface area contributed by atoms with E-state index in [0.29, 0.717) is 31.7 Å². The van der Waals surface area contributed by atoms with Crippen molar-refractivity contribution in [2.45, 2.75) is 18.9 Å². The SMILES string of the molecule is O=C(c1ccc2c(c1)CCO2)N1C[C@@H](Cc2ccccn2)[C@H](O)C1. The molecule has 2 aromatic rings. The average Bonchev–Trinajstić information content (AvgIpc) is 3.21. The van der Waals surface area contributed by atoms with Gasteiger partial charge in [0.1, 0.15) is 5.75 Å². The number of β-amino-alcohol motifs (C(OH)–C–C–N with tert-alkyl or cyclic N) is 1. The highest BCUT2D eigenvalue weighted by Crippen LogP contribution is 2.28. The van der Waals surface area contributed by atoms with Crippen molar-refractivity contribution >= 4 is 5.91 Å². The quantitative estimate of drug-likeness (QED) is 0.933. The number of aliphatic hydroxyl groups is 1. The number of aliphatic hydroxyl groups excluding tert-OH is 1. The van der Waals surface area contributed by atoms with Crippen molar-refractivity contribution in [2.24, 2.45) is 5.92 Å². The number of nitrogens with zero attached hydrogens (tertiary/aromatic N) is 2. The predicted octanol–water partition coefficient (Wildman–Crippen LogP) is 1.69. The van der Waals surface area contributed by atoms with Crippen LogP contribution in [0.4, 0.5) is 0 Å². The van der Waals surface area contributed by atoms with Gasteiger partial charge in [-0.3, -0.25) is 9.78 Å². The molecule has 2 aliphatic rings. The first-order valence-electron chi connectivity index (χ1n) is 8.33. The molecule has 0 unspecified atom stereocenters. The smallest absolute Gasteiger partial charge is 0.253 e. The number of likely N-dealkylation sites (tertiary alicyclic amines) is 1. The molecule has 1 aromatic heterocycles. The minimum atomic E-state index is -0.506. The summed E-state index contributed by atoms with van der Waals surface area (Å²) in [6.45, 7) is 1.62. The maximum atomic E-state index is 12.7. The van der Waals surface area contributed by atoms with Gasteiger partial charge in [-0.05, 0) is 42.3 Å². The molecule has 4 rings (SSSR count). The lowest BCUT2D eigenvalue weighted by molar-refractivity contribution is 0.0764. The zero-order chi connectivity index (χ0) is 16.5. The maximum absolute atomic E-state index is 12.7. The average molecular weight is 324 g/mol. The number of hydrogen-bond acceptors (Lipinski definition) is 4. The number of carbonyl (C=O) groups is 1. The van der Waals surface area contributed by atoms with Crippen molar-refractivity contribution in [1.82, 2.24) is 9.88 Å². The Hall–Kier alpha value is -2.40. The number of amides is 1. The standard InChI is InChI=1S/C19H20N2O3/c22-17-12-21(11-15(17)10-16-3-1-2-7-20-16)19(23)14-4-5-18-13(9-14)6-8-24-18/h1-5,7,9,15,17,22H,6,8,10-12H2/t15-,17-/m1/s1. The van der Waals surface area contributed by atoms with Gasteiger partial charge in [-0.25, -0.2) is 0 Å². The third-order valence-electron chi connectivity index (χ3n) is 4.83. The van der Waals surface area contributed by atoms with Crippen molar-refractivity contribution in [1.29, 1.82) is 0 Å². The molecule has 5 heteroatoms. The molecule has 0 aliphatic carbocycles. The molecular formula is C19H20N2O3. The van der Waals surface area contributed by atoms with Crippen LogP contribution < -0.4 is 4.74 Å². The number of aromatic nitrogens is 1. The van der Waals surface area contributed by atoms with Crippen LogP contribution in [-0.4, -0.2) is 46.7 Å². The first kappa shape index (κ1) is 15.1. The van der Waals surface area contributed by atoms with Gasteiger partial charge >= 0.3 is 0 Å². The highest BCUT2D eigenvalue weighted by Gasteiger charge is 2.34. The topological polar surface area (TPSA) is 62.7 Å². The molecule has 0 spiro atoms. The molecule has 3 heterocycles. The monoisotopic (exact) mass is 324 g/mol. The van der Waals surface area contributed by atoms with E-state index < -0.39 is 6.10 Å². The first-order chi connectivity index (χ1) is 11.7. The Labute approximate surface area is 140 Å². The van der Waals surface area contributed by atoms with E-state index in [9.17, 15) is 9.90 Å². The fourth-order valence-electron chi connectivity index (χ4n) is 3.51. The van der Waals surface area contributed by atoms with Gasteiger partial charge in [0, 0.05) is 42.9 Å². The molecule has 1 aromatic carbocycles. The van der Waals surface area contributed by atoms with E-state index in [2.05, 4.69) is 4.98 Å². The molecule has 2 atom stereocenters. The van der Waals surface area contributed by atoms with Crippen LogP contribution in [-0.2, 0) is 12.8 Å². The second kappa shape index (κ2) is 6.24. The van der Waals surface area contributed by atoms with Crippen LogP contribution >= 0.6 is 0 Å². The Morgan fingerprint density at radius 2 is 2.21 bits per heavy atom. The summed E-state index contributed by atoms with van der Waals surface area (Å²) in [5.74, 6) is 0.884. The fourth-order valence-corrected chi connectivity index (χ4v) is 3.51. The van der Waals surface area contributed by atoms with E-state index in [-0.39, 0.29) is 11.8 Å². The summed E-state index contributed by atoms with van der Waals surface area (Å²) in [6.07, 6.45) is 2.78. The van der Waals surface area contributed by atoms with Gasteiger partial charge < -0.3 is 14.7 Å². The van der Waals surface area contributed by atoms with Gasteiger partial charge in [0.15, 0.2) is 0 Å². The first-order valence-corrected chi connectivity index (χ1v) is 8.33. The molecule has 5 nitrogen and oxygen atoms in total. The molecule has 0 saturated carbocycles. The Bertz CT molecular complexity index is 748. The van der Waals surface area contributed by atoms with Crippen molar-refractivity contribution in [3.05, 3.63) is 59.4 Å². The van der Waals surface area contributed by atoms with E-state index >= 15 is 0 Å². The minimum Gasteiger partial charge on any atom is -0.493 e. The van der Waals surface area contributed by atoms with Gasteiger partial charge in [-0.15, -0.1) is 0 Å². The second-order valence-electron chi connectivity index (χ2n) is 6.48. The summed E-state index contributed by atoms with van der Waals surface area (Å²) in [6, 6.07) is 11.4. The van der Waals surface area contributed by atoms with Crippen molar-refractivity contribution in [3.63, 3.8) is 0 Å². The number of benzene rings is 1. The third-order valence-corrected chi connectivity index (χ3v) is 4.83. The van der Waals surface area contributed by atoms with E-state index in [4.69, 9.17) is 4.74 Å². The number of carbonyl (C=O) groups excluding carboxylic acids is 1. The van der Waals surface area contributed by atoms with E-state index in [1.807, 2.05) is 36.4 Å². The summed E-state index contributed by atoms with van der Waals surface area (Å²) in [4.78, 5) is 18.8. The highest BCUT2D eigenvalue weighted by molar-refractivity contribution is 5.95. The van der Waals surface area contributed by atoms with Crippen molar-refractivity contribution < 1.29 is 14.6 Å². The molecule has 2 aliphatic heterocycles. The third kappa shape index (κ3) is 2.87. The zero-order valence-corrected chi connectivity index (χ0v) is 13.4. The van der Waals surface area contributed by atoms with Gasteiger partial charge in [0.2, 0.25) is 0 Å². The van der Waals surface area contributed by atoms with Crippen LogP contribution in [0.3, 0.4) is 0 Å². The summed E-state index contributed by atoms with van der Waals surface area (Å²) in [5.41, 5.74) is 2.71. The lowest BCUT2D eigenvalue weighted by Gasteiger charge is -2.16. The summed E-state index contributed by atoms with van der Waals surface area (Å²) in [5, 5.41) is 10.3. The summed E-state index contributed by atoms with van der Waals surface area (Å²) in [7, 11) is 0.